The van der Waals surface area contributed by atoms with E-state index in [1.165, 1.54) is 18.3 Å². The Bertz CT molecular complexity index is 677. The predicted octanol–water partition coefficient (Wildman–Crippen LogP) is 1.63. The lowest BCUT2D eigenvalue weighted by Crippen LogP contribution is -2.15. The number of amidine groups is 1. The second-order valence-corrected chi connectivity index (χ2v) is 4.55. The molecular weight excluding hydrogens is 282 g/mol. The first-order valence-corrected chi connectivity index (χ1v) is 6.15. The van der Waals surface area contributed by atoms with E-state index in [9.17, 15) is 10.1 Å². The SMILES string of the molecule is N/C(=N/O)c1ccnc(Sc2ccccc2[N+](=O)[O-])n1. The Morgan fingerprint density at radius 1 is 1.40 bits per heavy atom. The molecule has 3 N–H and O–H groups in total. The van der Waals surface area contributed by atoms with Gasteiger partial charge in [0.2, 0.25) is 0 Å². The molecule has 0 aliphatic carbocycles. The summed E-state index contributed by atoms with van der Waals surface area (Å²) in [5.74, 6) is -0.156. The first-order chi connectivity index (χ1) is 9.61. The molecule has 0 bridgehead atoms. The fraction of sp³-hybridized carbons (Fsp3) is 0. The van der Waals surface area contributed by atoms with Crippen molar-refractivity contribution >= 4 is 23.3 Å². The smallest absolute Gasteiger partial charge is 0.283 e. The summed E-state index contributed by atoms with van der Waals surface area (Å²) < 4.78 is 0. The lowest BCUT2D eigenvalue weighted by molar-refractivity contribution is -0.387. The molecule has 8 nitrogen and oxygen atoms in total. The zero-order valence-corrected chi connectivity index (χ0v) is 10.8. The van der Waals surface area contributed by atoms with Crippen LogP contribution in [0.3, 0.4) is 0 Å². The molecule has 1 aromatic heterocycles. The molecule has 102 valence electrons. The molecule has 0 aliphatic heterocycles. The number of para-hydroxylation sites is 1. The largest absolute Gasteiger partial charge is 0.409 e. The average Bonchev–Trinajstić information content (AvgIpc) is 2.47. The number of nitrogens with two attached hydrogens (primary N) is 1. The fourth-order valence-corrected chi connectivity index (χ4v) is 2.22. The van der Waals surface area contributed by atoms with E-state index in [-0.39, 0.29) is 22.4 Å². The van der Waals surface area contributed by atoms with Crippen LogP contribution in [0.5, 0.6) is 0 Å². The molecule has 0 spiro atoms. The molecule has 0 atom stereocenters. The number of hydrogen-bond donors (Lipinski definition) is 2. The molecule has 0 amide bonds. The van der Waals surface area contributed by atoms with Gasteiger partial charge in [0.05, 0.1) is 9.82 Å². The second kappa shape index (κ2) is 5.97. The monoisotopic (exact) mass is 291 g/mol. The van der Waals surface area contributed by atoms with Crippen LogP contribution >= 0.6 is 11.8 Å². The van der Waals surface area contributed by atoms with Crippen LogP contribution in [0, 0.1) is 10.1 Å². The Morgan fingerprint density at radius 2 is 2.15 bits per heavy atom. The molecule has 0 aliphatic rings. The van der Waals surface area contributed by atoms with Gasteiger partial charge in [0.15, 0.2) is 11.0 Å². The van der Waals surface area contributed by atoms with Crippen molar-refractivity contribution in [2.75, 3.05) is 0 Å². The molecule has 2 rings (SSSR count). The summed E-state index contributed by atoms with van der Waals surface area (Å²) in [6.07, 6.45) is 1.43. The van der Waals surface area contributed by atoms with Gasteiger partial charge in [0, 0.05) is 12.3 Å². The van der Waals surface area contributed by atoms with Crippen LogP contribution in [0.15, 0.2) is 51.7 Å². The summed E-state index contributed by atoms with van der Waals surface area (Å²) >= 11 is 1.03. The van der Waals surface area contributed by atoms with E-state index in [4.69, 9.17) is 10.9 Å². The summed E-state index contributed by atoms with van der Waals surface area (Å²) in [7, 11) is 0. The van der Waals surface area contributed by atoms with Gasteiger partial charge in [-0.05, 0) is 23.9 Å². The second-order valence-electron chi connectivity index (χ2n) is 3.54. The minimum absolute atomic E-state index is 0.0321. The van der Waals surface area contributed by atoms with Crippen molar-refractivity contribution in [3.63, 3.8) is 0 Å². The summed E-state index contributed by atoms with van der Waals surface area (Å²) in [6.45, 7) is 0. The molecule has 0 radical (unpaired) electrons. The van der Waals surface area contributed by atoms with Crippen molar-refractivity contribution < 1.29 is 10.1 Å². The van der Waals surface area contributed by atoms with Crippen molar-refractivity contribution in [2.45, 2.75) is 10.1 Å². The number of hydrogen-bond acceptors (Lipinski definition) is 7. The van der Waals surface area contributed by atoms with Crippen LogP contribution in [0.25, 0.3) is 0 Å². The molecule has 1 aromatic carbocycles. The molecule has 0 unspecified atom stereocenters. The zero-order chi connectivity index (χ0) is 14.5. The van der Waals surface area contributed by atoms with Gasteiger partial charge in [-0.3, -0.25) is 10.1 Å². The van der Waals surface area contributed by atoms with E-state index in [1.54, 1.807) is 18.2 Å². The fourth-order valence-electron chi connectivity index (χ4n) is 1.38. The number of benzene rings is 1. The topological polar surface area (TPSA) is 128 Å². The highest BCUT2D eigenvalue weighted by molar-refractivity contribution is 7.99. The molecule has 0 saturated carbocycles. The van der Waals surface area contributed by atoms with E-state index in [1.807, 2.05) is 0 Å². The summed E-state index contributed by atoms with van der Waals surface area (Å²) in [5, 5.41) is 22.6. The van der Waals surface area contributed by atoms with E-state index < -0.39 is 4.92 Å². The standard InChI is InChI=1S/C11H9N5O3S/c12-10(15-17)7-5-6-13-11(14-7)20-9-4-2-1-3-8(9)16(18)19/h1-6,17H,(H2,12,15). The van der Waals surface area contributed by atoms with Gasteiger partial charge < -0.3 is 10.9 Å². The Labute approximate surface area is 117 Å². The van der Waals surface area contributed by atoms with Crippen LogP contribution in [0.2, 0.25) is 0 Å². The van der Waals surface area contributed by atoms with E-state index >= 15 is 0 Å². The lowest BCUT2D eigenvalue weighted by atomic mass is 10.3. The first-order valence-electron chi connectivity index (χ1n) is 5.34. The molecule has 0 saturated heterocycles. The van der Waals surface area contributed by atoms with Crippen LogP contribution < -0.4 is 5.73 Å². The molecule has 9 heteroatoms. The highest BCUT2D eigenvalue weighted by atomic mass is 32.2. The van der Waals surface area contributed by atoms with Crippen molar-refractivity contribution in [1.29, 1.82) is 0 Å². The van der Waals surface area contributed by atoms with E-state index in [0.29, 0.717) is 4.90 Å². The van der Waals surface area contributed by atoms with Crippen LogP contribution in [-0.2, 0) is 0 Å². The summed E-state index contributed by atoms with van der Waals surface area (Å²) in [5.41, 5.74) is 5.63. The van der Waals surface area contributed by atoms with Gasteiger partial charge in [0.25, 0.3) is 5.69 Å². The predicted molar refractivity (Wildman–Crippen MR) is 71.8 cm³/mol. The summed E-state index contributed by atoms with van der Waals surface area (Å²) in [6, 6.07) is 7.73. The third-order valence-electron chi connectivity index (χ3n) is 2.27. The number of nitro groups is 1. The third-order valence-corrected chi connectivity index (χ3v) is 3.21. The van der Waals surface area contributed by atoms with Gasteiger partial charge >= 0.3 is 0 Å². The van der Waals surface area contributed by atoms with Gasteiger partial charge in [-0.15, -0.1) is 0 Å². The number of nitrogens with zero attached hydrogens (tertiary/aromatic N) is 4. The highest BCUT2D eigenvalue weighted by Gasteiger charge is 2.15. The molecule has 20 heavy (non-hydrogen) atoms. The Morgan fingerprint density at radius 3 is 2.85 bits per heavy atom. The Kier molecular flexibility index (Phi) is 4.11. The molecule has 1 heterocycles. The maximum Gasteiger partial charge on any atom is 0.283 e. The summed E-state index contributed by atoms with van der Waals surface area (Å²) in [4.78, 5) is 18.9. The maximum absolute atomic E-state index is 10.9. The van der Waals surface area contributed by atoms with Gasteiger partial charge in [-0.25, -0.2) is 9.97 Å². The van der Waals surface area contributed by atoms with Gasteiger partial charge in [-0.2, -0.15) is 0 Å². The highest BCUT2D eigenvalue weighted by Crippen LogP contribution is 2.32. The minimum Gasteiger partial charge on any atom is -0.409 e. The quantitative estimate of drug-likeness (QED) is 0.219. The van der Waals surface area contributed by atoms with E-state index in [0.717, 1.165) is 11.8 Å². The molecular formula is C11H9N5O3S. The lowest BCUT2D eigenvalue weighted by Gasteiger charge is -2.03. The third kappa shape index (κ3) is 3.01. The Hall–Kier alpha value is -2.68. The van der Waals surface area contributed by atoms with Crippen molar-refractivity contribution in [3.05, 3.63) is 52.3 Å². The van der Waals surface area contributed by atoms with Crippen molar-refractivity contribution in [3.8, 4) is 0 Å². The van der Waals surface area contributed by atoms with E-state index in [2.05, 4.69) is 15.1 Å². The van der Waals surface area contributed by atoms with Crippen LogP contribution in [0.4, 0.5) is 5.69 Å². The first kappa shape index (κ1) is 13.7. The maximum atomic E-state index is 10.9. The van der Waals surface area contributed by atoms with Gasteiger partial charge in [0.1, 0.15) is 5.69 Å². The Balaban J connectivity index is 2.34. The number of rotatable bonds is 4. The number of nitro benzene ring substituents is 1. The molecule has 2 aromatic rings. The van der Waals surface area contributed by atoms with Crippen molar-refractivity contribution in [1.82, 2.24) is 9.97 Å². The minimum atomic E-state index is -0.476. The number of aromatic nitrogens is 2. The van der Waals surface area contributed by atoms with Gasteiger partial charge in [-0.1, -0.05) is 17.3 Å². The molecule has 0 fully saturated rings. The van der Waals surface area contributed by atoms with Crippen molar-refractivity contribution in [2.24, 2.45) is 10.9 Å². The van der Waals surface area contributed by atoms with Crippen LogP contribution in [-0.4, -0.2) is 25.9 Å². The average molecular weight is 291 g/mol. The van der Waals surface area contributed by atoms with Crippen LogP contribution in [0.1, 0.15) is 5.69 Å². The zero-order valence-electron chi connectivity index (χ0n) is 10.0. The number of oxime groups is 1. The normalized spacial score (nSPS) is 11.3.